The van der Waals surface area contributed by atoms with E-state index in [1.54, 1.807) is 12.1 Å². The molecule has 66 heavy (non-hydrogen) atoms. The molecule has 1 aliphatic rings. The van der Waals surface area contributed by atoms with Gasteiger partial charge in [0.25, 0.3) is 0 Å². The first-order chi connectivity index (χ1) is 31.2. The summed E-state index contributed by atoms with van der Waals surface area (Å²) in [5.74, 6) is -7.96. The number of Topliss-reactive ketones (excluding diaryl/α,β-unsaturated/α-hetero) is 2. The Kier molecular flexibility index (Phi) is 22.2. The van der Waals surface area contributed by atoms with E-state index in [0.717, 1.165) is 28.8 Å². The molecule has 0 saturated carbocycles. The van der Waals surface area contributed by atoms with E-state index >= 15 is 0 Å². The van der Waals surface area contributed by atoms with E-state index in [2.05, 4.69) is 31.9 Å². The van der Waals surface area contributed by atoms with Crippen LogP contribution < -0.4 is 43.4 Å². The summed E-state index contributed by atoms with van der Waals surface area (Å²) in [6, 6.07) is 4.34. The maximum absolute atomic E-state index is 14.6. The summed E-state index contributed by atoms with van der Waals surface area (Å²) in [5.41, 5.74) is 11.8. The van der Waals surface area contributed by atoms with Gasteiger partial charge in [0.15, 0.2) is 5.78 Å². The first-order valence-electron chi connectivity index (χ1n) is 21.4. The normalized spacial score (nSPS) is 19.5. The molecule has 20 nitrogen and oxygen atoms in total. The van der Waals surface area contributed by atoms with Gasteiger partial charge < -0.3 is 48.1 Å². The minimum atomic E-state index is -1.69. The number of ketones is 2. The standard InChI is InChI=1S/C44H60FN9O11S/c1-25(2)17-33(41(62)49-20-26(3)55)51-40(61)23-54(22-28-6-10-29(45)11-7-28)44(65)35-24-66-16-4-5-39(60)50-32(18-27-8-12-30(56)13-9-27)36(57)21-48-31(14-15-37(46)58)42(63)52-34(19-38(47)59)43(64)53-35/h6-13,25,31-35,48,56H,4-5,14-24H2,1-3H3,(H2,46,58)(H2,47,59)(H,49,62)(H,50,60)(H,51,61)(H,52,63)(H,53,64)/t31-,32-,33-,34-,35-/m0/s1. The number of phenols is 1. The number of nitrogens with one attached hydrogen (secondary N) is 6. The zero-order chi connectivity index (χ0) is 48.9. The van der Waals surface area contributed by atoms with Gasteiger partial charge in [0.05, 0.1) is 38.1 Å². The molecule has 3 rings (SSSR count). The van der Waals surface area contributed by atoms with Crippen LogP contribution in [0.4, 0.5) is 4.39 Å². The average molecular weight is 942 g/mol. The Morgan fingerprint density at radius 2 is 1.53 bits per heavy atom. The van der Waals surface area contributed by atoms with E-state index < -0.39 is 109 Å². The van der Waals surface area contributed by atoms with Crippen LogP contribution in [0.2, 0.25) is 0 Å². The van der Waals surface area contributed by atoms with E-state index in [1.807, 2.05) is 13.8 Å². The van der Waals surface area contributed by atoms with Crippen molar-refractivity contribution in [2.24, 2.45) is 17.4 Å². The summed E-state index contributed by atoms with van der Waals surface area (Å²) in [6.07, 6.45) is -0.987. The number of nitrogens with zero attached hydrogens (tertiary/aromatic N) is 1. The van der Waals surface area contributed by atoms with Crippen molar-refractivity contribution >= 4 is 70.6 Å². The van der Waals surface area contributed by atoms with Crippen molar-refractivity contribution in [1.29, 1.82) is 0 Å². The number of aromatic hydroxyl groups is 1. The number of carbonyl (C=O) groups excluding carboxylic acids is 10. The predicted molar refractivity (Wildman–Crippen MR) is 240 cm³/mol. The molecule has 2 aromatic rings. The number of hydrogen-bond acceptors (Lipinski definition) is 13. The molecule has 0 spiro atoms. The second kappa shape index (κ2) is 27.1. The molecule has 1 aliphatic heterocycles. The number of thioether (sulfide) groups is 1. The van der Waals surface area contributed by atoms with E-state index in [0.29, 0.717) is 11.1 Å². The summed E-state index contributed by atoms with van der Waals surface area (Å²) in [7, 11) is 0. The summed E-state index contributed by atoms with van der Waals surface area (Å²) in [4.78, 5) is 133. The molecule has 0 aliphatic carbocycles. The Morgan fingerprint density at radius 1 is 0.879 bits per heavy atom. The highest BCUT2D eigenvalue weighted by Crippen LogP contribution is 2.16. The van der Waals surface area contributed by atoms with Crippen LogP contribution in [0, 0.1) is 11.7 Å². The molecule has 0 radical (unpaired) electrons. The SMILES string of the molecule is CC(=O)CNC(=O)[C@H](CC(C)C)NC(=O)CN(Cc1ccc(F)cc1)C(=O)[C@@H]1CSCCCC(=O)N[C@@H](Cc2ccc(O)cc2)C(=O)CN[C@@H](CCC(N)=O)C(=O)N[C@@H](CC(N)=O)C(=O)N1. The Morgan fingerprint density at radius 3 is 2.15 bits per heavy atom. The van der Waals surface area contributed by atoms with Crippen LogP contribution in [-0.2, 0) is 60.9 Å². The van der Waals surface area contributed by atoms with Crippen molar-refractivity contribution in [3.05, 3.63) is 65.5 Å². The van der Waals surface area contributed by atoms with Crippen molar-refractivity contribution in [2.75, 3.05) is 31.1 Å². The minimum absolute atomic E-state index is 0.0148. The third-order valence-corrected chi connectivity index (χ3v) is 11.2. The van der Waals surface area contributed by atoms with Gasteiger partial charge in [0.1, 0.15) is 35.5 Å². The lowest BCUT2D eigenvalue weighted by Crippen LogP contribution is -2.59. The summed E-state index contributed by atoms with van der Waals surface area (Å²) >= 11 is 1.15. The maximum Gasteiger partial charge on any atom is 0.246 e. The van der Waals surface area contributed by atoms with Crippen molar-refractivity contribution in [3.63, 3.8) is 0 Å². The molecule has 1 fully saturated rings. The smallest absolute Gasteiger partial charge is 0.246 e. The lowest BCUT2D eigenvalue weighted by molar-refractivity contribution is -0.140. The first kappa shape index (κ1) is 53.9. The van der Waals surface area contributed by atoms with Gasteiger partial charge in [-0.05, 0) is 79.7 Å². The zero-order valence-corrected chi connectivity index (χ0v) is 38.0. The fourth-order valence-corrected chi connectivity index (χ4v) is 7.67. The fraction of sp³-hybridized carbons (Fsp3) is 0.500. The van der Waals surface area contributed by atoms with Crippen LogP contribution in [0.15, 0.2) is 48.5 Å². The number of hydrogen-bond donors (Lipinski definition) is 9. The van der Waals surface area contributed by atoms with Gasteiger partial charge in [-0.2, -0.15) is 11.8 Å². The lowest BCUT2D eigenvalue weighted by atomic mass is 10.0. The van der Waals surface area contributed by atoms with Gasteiger partial charge in [-0.3, -0.25) is 53.3 Å². The predicted octanol–water partition coefficient (Wildman–Crippen LogP) is -1.01. The molecule has 22 heteroatoms. The van der Waals surface area contributed by atoms with E-state index in [1.165, 1.54) is 31.2 Å². The molecule has 0 bridgehead atoms. The Hall–Kier alpha value is -6.42. The van der Waals surface area contributed by atoms with Gasteiger partial charge in [-0.25, -0.2) is 4.39 Å². The van der Waals surface area contributed by atoms with Gasteiger partial charge in [-0.1, -0.05) is 38.1 Å². The number of primary amides is 2. The van der Waals surface area contributed by atoms with Crippen LogP contribution in [0.5, 0.6) is 5.75 Å². The molecule has 1 heterocycles. The second-order valence-electron chi connectivity index (χ2n) is 16.4. The van der Waals surface area contributed by atoms with Crippen molar-refractivity contribution < 1.29 is 57.4 Å². The van der Waals surface area contributed by atoms with Crippen LogP contribution in [-0.4, -0.2) is 130 Å². The van der Waals surface area contributed by atoms with Crippen LogP contribution >= 0.6 is 11.8 Å². The Labute approximate surface area is 386 Å². The molecule has 360 valence electrons. The van der Waals surface area contributed by atoms with Crippen LogP contribution in [0.25, 0.3) is 0 Å². The average Bonchev–Trinajstić information content (AvgIpc) is 3.24. The van der Waals surface area contributed by atoms with Crippen molar-refractivity contribution in [2.45, 2.75) is 102 Å². The monoisotopic (exact) mass is 941 g/mol. The van der Waals surface area contributed by atoms with Gasteiger partial charge in [-0.15, -0.1) is 0 Å². The van der Waals surface area contributed by atoms with E-state index in [4.69, 9.17) is 11.5 Å². The highest BCUT2D eigenvalue weighted by molar-refractivity contribution is 7.99. The highest BCUT2D eigenvalue weighted by Gasteiger charge is 2.34. The molecule has 1 saturated heterocycles. The first-order valence-corrected chi connectivity index (χ1v) is 22.5. The van der Waals surface area contributed by atoms with Gasteiger partial charge in [0.2, 0.25) is 47.3 Å². The number of amides is 8. The molecule has 2 aromatic carbocycles. The third kappa shape index (κ3) is 19.8. The fourth-order valence-electron chi connectivity index (χ4n) is 6.70. The van der Waals surface area contributed by atoms with Crippen LogP contribution in [0.1, 0.15) is 70.4 Å². The quantitative estimate of drug-likeness (QED) is 0.0867. The molecule has 11 N–H and O–H groups in total. The molecule has 0 aromatic heterocycles. The topological polar surface area (TPSA) is 318 Å². The van der Waals surface area contributed by atoms with Gasteiger partial charge in [0, 0.05) is 25.1 Å². The Balaban J connectivity index is 2.01. The number of carbonyl (C=O) groups is 10. The van der Waals surface area contributed by atoms with E-state index in [-0.39, 0.29) is 80.6 Å². The largest absolute Gasteiger partial charge is 0.508 e. The third-order valence-electron chi connectivity index (χ3n) is 10.1. The summed E-state index contributed by atoms with van der Waals surface area (Å²) in [5, 5.41) is 25.3. The van der Waals surface area contributed by atoms with E-state index in [9.17, 15) is 57.4 Å². The number of halogens is 1. The zero-order valence-electron chi connectivity index (χ0n) is 37.2. The van der Waals surface area contributed by atoms with Crippen molar-refractivity contribution in [3.8, 4) is 5.75 Å². The lowest BCUT2D eigenvalue weighted by Gasteiger charge is -2.30. The van der Waals surface area contributed by atoms with Crippen molar-refractivity contribution in [1.82, 2.24) is 36.8 Å². The number of phenolic OH excluding ortho intramolecular Hbond substituents is 1. The maximum atomic E-state index is 14.6. The minimum Gasteiger partial charge on any atom is -0.508 e. The summed E-state index contributed by atoms with van der Waals surface area (Å²) in [6.45, 7) is 3.19. The second-order valence-corrected chi connectivity index (χ2v) is 17.5. The number of rotatable bonds is 18. The molecule has 5 atom stereocenters. The molecule has 0 unspecified atom stereocenters. The number of benzene rings is 2. The molecular weight excluding hydrogens is 882 g/mol. The Bertz CT molecular complexity index is 2060. The summed E-state index contributed by atoms with van der Waals surface area (Å²) < 4.78 is 14.0. The highest BCUT2D eigenvalue weighted by atomic mass is 32.2. The van der Waals surface area contributed by atoms with Gasteiger partial charge >= 0.3 is 0 Å². The van der Waals surface area contributed by atoms with Crippen LogP contribution in [0.3, 0.4) is 0 Å². The number of nitrogens with two attached hydrogens (primary N) is 2. The molecule has 8 amide bonds. The molecular formula is C44H60FN9O11S.